The third-order valence-electron chi connectivity index (χ3n) is 7.65. The minimum atomic E-state index is -0.910. The smallest absolute Gasteiger partial charge is 0.113 e. The molecule has 0 radical (unpaired) electrons. The van der Waals surface area contributed by atoms with Crippen molar-refractivity contribution in [3.8, 4) is 0 Å². The zero-order valence-electron chi connectivity index (χ0n) is 20.1. The molecule has 1 aliphatic carbocycles. The predicted octanol–water partition coefficient (Wildman–Crippen LogP) is 7.61. The number of allylic oxidation sites excluding steroid dienone is 2. The zero-order valence-corrected chi connectivity index (χ0v) is 19.1. The van der Waals surface area contributed by atoms with Gasteiger partial charge in [0.1, 0.15) is 6.17 Å². The molecule has 3 aromatic rings. The molecule has 32 heavy (non-hydrogen) atoms. The van der Waals surface area contributed by atoms with Gasteiger partial charge in [-0.25, -0.2) is 0 Å². The van der Waals surface area contributed by atoms with Crippen LogP contribution < -0.4 is 9.80 Å². The molecule has 0 bridgehead atoms. The maximum atomic E-state index is 10.0. The maximum absolute atomic E-state index is 10.0. The molecule has 2 atom stereocenters. The van der Waals surface area contributed by atoms with E-state index in [1.807, 2.05) is 6.07 Å². The Hall–Kier alpha value is -3.00. The van der Waals surface area contributed by atoms with Crippen molar-refractivity contribution < 1.29 is 1.37 Å². The van der Waals surface area contributed by atoms with Crippen LogP contribution in [0.4, 0.5) is 11.4 Å². The molecule has 1 fully saturated rings. The summed E-state index contributed by atoms with van der Waals surface area (Å²) in [6.45, 7) is 4.46. The Morgan fingerprint density at radius 2 is 1.38 bits per heavy atom. The monoisotopic (exact) mass is 421 g/mol. The Kier molecular flexibility index (Phi) is 4.55. The summed E-state index contributed by atoms with van der Waals surface area (Å²) in [6.07, 6.45) is 6.67. The van der Waals surface area contributed by atoms with Crippen LogP contribution in [0.15, 0.2) is 90.3 Å². The van der Waals surface area contributed by atoms with Gasteiger partial charge in [-0.15, -0.1) is 0 Å². The summed E-state index contributed by atoms with van der Waals surface area (Å²) < 4.78 is 10.0. The second kappa shape index (κ2) is 7.85. The van der Waals surface area contributed by atoms with E-state index >= 15 is 0 Å². The Labute approximate surface area is 193 Å². The van der Waals surface area contributed by atoms with E-state index in [9.17, 15) is 1.37 Å². The van der Waals surface area contributed by atoms with Crippen LogP contribution in [0.2, 0.25) is 0 Å². The fraction of sp³-hybridized carbons (Fsp3) is 0.333. The van der Waals surface area contributed by atoms with Crippen LogP contribution in [0, 0.1) is 12.8 Å². The number of hydrogen-bond donors (Lipinski definition) is 0. The van der Waals surface area contributed by atoms with E-state index in [4.69, 9.17) is 0 Å². The predicted molar refractivity (Wildman–Crippen MR) is 134 cm³/mol. The Morgan fingerprint density at radius 3 is 2.12 bits per heavy atom. The molecule has 2 heterocycles. The zero-order chi connectivity index (χ0) is 22.6. The first-order chi connectivity index (χ1) is 16.1. The summed E-state index contributed by atoms with van der Waals surface area (Å²) in [5.41, 5.74) is 8.28. The highest BCUT2D eigenvalue weighted by atomic mass is 15.4. The number of benzene rings is 3. The highest BCUT2D eigenvalue weighted by Crippen LogP contribution is 2.56. The number of anilines is 2. The Bertz CT molecular complexity index is 1210. The van der Waals surface area contributed by atoms with E-state index in [1.165, 1.54) is 54.7 Å². The molecule has 0 amide bonds. The lowest BCUT2D eigenvalue weighted by molar-refractivity contribution is 0.306. The molecular weight excluding hydrogens is 388 g/mol. The first-order valence-electron chi connectivity index (χ1n) is 12.6. The lowest BCUT2D eigenvalue weighted by atomic mass is 9.85. The average molecular weight is 422 g/mol. The van der Waals surface area contributed by atoms with Gasteiger partial charge in [-0.2, -0.15) is 0 Å². The third kappa shape index (κ3) is 2.92. The first-order valence-corrected chi connectivity index (χ1v) is 12.1. The lowest BCUT2D eigenvalue weighted by Gasteiger charge is -2.41. The van der Waals surface area contributed by atoms with Gasteiger partial charge in [-0.05, 0) is 61.4 Å². The van der Waals surface area contributed by atoms with Crippen LogP contribution in [-0.2, 0) is 0 Å². The van der Waals surface area contributed by atoms with Crippen molar-refractivity contribution in [2.45, 2.75) is 58.0 Å². The molecule has 0 spiro atoms. The second-order valence-electron chi connectivity index (χ2n) is 9.53. The van der Waals surface area contributed by atoms with E-state index in [0.717, 1.165) is 16.8 Å². The summed E-state index contributed by atoms with van der Waals surface area (Å²) in [4.78, 5) is 5.12. The molecule has 2 heteroatoms. The van der Waals surface area contributed by atoms with Gasteiger partial charge in [-0.3, -0.25) is 0 Å². The summed E-state index contributed by atoms with van der Waals surface area (Å²) in [6, 6.07) is 27.8. The van der Waals surface area contributed by atoms with Crippen LogP contribution in [-0.4, -0.2) is 6.17 Å². The lowest BCUT2D eigenvalue weighted by Crippen LogP contribution is -2.46. The molecule has 162 valence electrons. The molecule has 0 aromatic heterocycles. The van der Waals surface area contributed by atoms with Gasteiger partial charge < -0.3 is 9.80 Å². The molecule has 2 unspecified atom stereocenters. The first kappa shape index (κ1) is 18.6. The number of fused-ring (bicyclic) bond motifs is 3. The maximum Gasteiger partial charge on any atom is 0.113 e. The molecule has 3 aliphatic rings. The van der Waals surface area contributed by atoms with Crippen LogP contribution in [0.1, 0.15) is 63.0 Å². The molecule has 3 aromatic carbocycles. The molecule has 2 aliphatic heterocycles. The van der Waals surface area contributed by atoms with Gasteiger partial charge in [0.25, 0.3) is 0 Å². The standard InChI is InChI=1S/C30H32N2/c1-21-13-9-11-19-26(21)31-22(2)29-28(23-14-5-3-6-15-23)25-18-10-12-20-27(25)32(29)30(31)24-16-7-4-8-17-24/h3,5-6,9-15,18-20,24,28,30H,4,7-8,16-17H2,1-2H3/i28D. The molecule has 6 rings (SSSR count). The Morgan fingerprint density at radius 1 is 0.719 bits per heavy atom. The summed E-state index contributed by atoms with van der Waals surface area (Å²) in [5.74, 6) is -0.330. The van der Waals surface area contributed by atoms with Crippen molar-refractivity contribution in [2.75, 3.05) is 9.80 Å². The largest absolute Gasteiger partial charge is 0.322 e. The summed E-state index contributed by atoms with van der Waals surface area (Å²) in [7, 11) is 0. The highest BCUT2D eigenvalue weighted by Gasteiger charge is 2.50. The van der Waals surface area contributed by atoms with E-state index in [0.29, 0.717) is 5.92 Å². The van der Waals surface area contributed by atoms with E-state index < -0.39 is 5.89 Å². The van der Waals surface area contributed by atoms with E-state index in [1.54, 1.807) is 0 Å². The molecular formula is C30H32N2. The van der Waals surface area contributed by atoms with Crippen LogP contribution in [0.25, 0.3) is 0 Å². The fourth-order valence-corrected chi connectivity index (χ4v) is 6.23. The Balaban J connectivity index is 1.62. The van der Waals surface area contributed by atoms with Crippen molar-refractivity contribution in [3.05, 3.63) is 107 Å². The van der Waals surface area contributed by atoms with Crippen molar-refractivity contribution in [1.82, 2.24) is 0 Å². The third-order valence-corrected chi connectivity index (χ3v) is 7.65. The van der Waals surface area contributed by atoms with Gasteiger partial charge in [0, 0.05) is 18.4 Å². The van der Waals surface area contributed by atoms with Crippen molar-refractivity contribution >= 4 is 11.4 Å². The number of hydrogen-bond acceptors (Lipinski definition) is 2. The second-order valence-corrected chi connectivity index (χ2v) is 9.53. The minimum absolute atomic E-state index is 0.221. The molecule has 0 N–H and O–H groups in total. The van der Waals surface area contributed by atoms with Crippen molar-refractivity contribution in [2.24, 2.45) is 5.92 Å². The van der Waals surface area contributed by atoms with Gasteiger partial charge in [0.05, 0.1) is 11.6 Å². The van der Waals surface area contributed by atoms with Gasteiger partial charge in [-0.1, -0.05) is 86.0 Å². The summed E-state index contributed by atoms with van der Waals surface area (Å²) in [5, 5.41) is 0. The van der Waals surface area contributed by atoms with Crippen molar-refractivity contribution in [3.63, 3.8) is 0 Å². The van der Waals surface area contributed by atoms with Gasteiger partial charge in [0.15, 0.2) is 0 Å². The normalized spacial score (nSPS) is 25.7. The average Bonchev–Trinajstić information content (AvgIpc) is 3.32. The number of para-hydroxylation sites is 2. The van der Waals surface area contributed by atoms with E-state index in [-0.39, 0.29) is 6.17 Å². The van der Waals surface area contributed by atoms with Crippen LogP contribution >= 0.6 is 0 Å². The fourth-order valence-electron chi connectivity index (χ4n) is 6.23. The number of rotatable bonds is 3. The minimum Gasteiger partial charge on any atom is -0.322 e. The van der Waals surface area contributed by atoms with Gasteiger partial charge >= 0.3 is 0 Å². The molecule has 1 saturated carbocycles. The van der Waals surface area contributed by atoms with Gasteiger partial charge in [0.2, 0.25) is 0 Å². The van der Waals surface area contributed by atoms with Crippen LogP contribution in [0.3, 0.4) is 0 Å². The van der Waals surface area contributed by atoms with Crippen LogP contribution in [0.5, 0.6) is 0 Å². The summed E-state index contributed by atoms with van der Waals surface area (Å²) >= 11 is 0. The number of aryl methyl sites for hydroxylation is 1. The molecule has 0 saturated heterocycles. The number of nitrogens with zero attached hydrogens (tertiary/aromatic N) is 2. The quantitative estimate of drug-likeness (QED) is 0.429. The SMILES string of the molecule is [2H]C1(c2ccccc2)C2=C(C)N(c3ccccc3C)C(C3CCCCC3)N2c2ccccc21. The van der Waals surface area contributed by atoms with Crippen molar-refractivity contribution in [1.29, 1.82) is 0 Å². The highest BCUT2D eigenvalue weighted by molar-refractivity contribution is 5.78. The topological polar surface area (TPSA) is 6.48 Å². The molecule has 2 nitrogen and oxygen atoms in total. The van der Waals surface area contributed by atoms with E-state index in [2.05, 4.69) is 96.4 Å².